The van der Waals surface area contributed by atoms with Gasteiger partial charge in [-0.3, -0.25) is 4.31 Å². The number of rotatable bonds is 2. The summed E-state index contributed by atoms with van der Waals surface area (Å²) in [6.45, 7) is 2.36. The van der Waals surface area contributed by atoms with E-state index in [1.54, 1.807) is 12.1 Å². The number of nitrogens with two attached hydrogens (primary N) is 1. The number of nitrogen functional groups attached to an aromatic ring is 1. The Labute approximate surface area is 126 Å². The van der Waals surface area contributed by atoms with Gasteiger partial charge in [0.2, 0.25) is 0 Å². The van der Waals surface area contributed by atoms with Gasteiger partial charge < -0.3 is 5.73 Å². The van der Waals surface area contributed by atoms with Gasteiger partial charge in [-0.05, 0) is 42.7 Å². The molecule has 7 heteroatoms. The summed E-state index contributed by atoms with van der Waals surface area (Å²) in [6.07, 6.45) is 0.703. The number of hydrogen-bond acceptors (Lipinski definition) is 4. The highest BCUT2D eigenvalue weighted by Gasteiger charge is 2.32. The second-order valence-electron chi connectivity index (χ2n) is 4.72. The summed E-state index contributed by atoms with van der Waals surface area (Å²) in [5.74, 6) is 0. The molecule has 0 fully saturated rings. The van der Waals surface area contributed by atoms with Crippen LogP contribution in [0.2, 0.25) is 4.34 Å². The molecule has 3 rings (SSSR count). The fourth-order valence-electron chi connectivity index (χ4n) is 2.34. The summed E-state index contributed by atoms with van der Waals surface area (Å²) in [6, 6.07) is 6.84. The first-order valence-electron chi connectivity index (χ1n) is 6.06. The van der Waals surface area contributed by atoms with E-state index in [0.29, 0.717) is 28.7 Å². The highest BCUT2D eigenvalue weighted by molar-refractivity contribution is 7.94. The van der Waals surface area contributed by atoms with Crippen LogP contribution < -0.4 is 10.0 Å². The summed E-state index contributed by atoms with van der Waals surface area (Å²) in [5.41, 5.74) is 9.18. The highest BCUT2D eigenvalue weighted by Crippen LogP contribution is 2.37. The molecule has 4 nitrogen and oxygen atoms in total. The molecule has 0 spiro atoms. The molecule has 2 aromatic rings. The van der Waals surface area contributed by atoms with E-state index in [1.165, 1.54) is 10.4 Å². The lowest BCUT2D eigenvalue weighted by atomic mass is 10.1. The van der Waals surface area contributed by atoms with Crippen molar-refractivity contribution in [1.29, 1.82) is 0 Å². The average molecular weight is 329 g/mol. The predicted molar refractivity (Wildman–Crippen MR) is 83.2 cm³/mol. The number of thiophene rings is 1. The van der Waals surface area contributed by atoms with Crippen molar-refractivity contribution in [3.63, 3.8) is 0 Å². The van der Waals surface area contributed by atoms with Gasteiger partial charge in [0.25, 0.3) is 10.0 Å². The Morgan fingerprint density at radius 3 is 2.75 bits per heavy atom. The van der Waals surface area contributed by atoms with E-state index in [4.69, 9.17) is 17.3 Å². The van der Waals surface area contributed by atoms with Crippen molar-refractivity contribution in [2.75, 3.05) is 16.6 Å². The summed E-state index contributed by atoms with van der Waals surface area (Å²) in [5, 5.41) is 0. The first-order chi connectivity index (χ1) is 9.39. The van der Waals surface area contributed by atoms with Crippen LogP contribution in [0.15, 0.2) is 28.5 Å². The molecular formula is C13H13ClN2O2S2. The molecule has 0 amide bonds. The molecule has 0 saturated carbocycles. The zero-order chi connectivity index (χ0) is 14.5. The molecule has 0 unspecified atom stereocenters. The minimum atomic E-state index is -3.55. The van der Waals surface area contributed by atoms with Gasteiger partial charge in [0, 0.05) is 12.2 Å². The van der Waals surface area contributed by atoms with Crippen molar-refractivity contribution in [2.24, 2.45) is 0 Å². The van der Waals surface area contributed by atoms with E-state index in [0.717, 1.165) is 22.5 Å². The van der Waals surface area contributed by atoms with Crippen molar-refractivity contribution in [3.8, 4) is 0 Å². The second kappa shape index (κ2) is 4.65. The largest absolute Gasteiger partial charge is 0.398 e. The van der Waals surface area contributed by atoms with Gasteiger partial charge in [-0.2, -0.15) is 0 Å². The van der Waals surface area contributed by atoms with Crippen LogP contribution in [0.25, 0.3) is 0 Å². The highest BCUT2D eigenvalue weighted by atomic mass is 35.5. The number of aryl methyl sites for hydroxylation is 1. The first kappa shape index (κ1) is 13.7. The lowest BCUT2D eigenvalue weighted by Crippen LogP contribution is -2.28. The van der Waals surface area contributed by atoms with Crippen molar-refractivity contribution >= 4 is 44.3 Å². The summed E-state index contributed by atoms with van der Waals surface area (Å²) >= 11 is 6.90. The molecule has 0 bridgehead atoms. The van der Waals surface area contributed by atoms with Gasteiger partial charge in [0.1, 0.15) is 4.21 Å². The Morgan fingerprint density at radius 2 is 2.10 bits per heavy atom. The summed E-state index contributed by atoms with van der Waals surface area (Å²) in [7, 11) is -3.55. The van der Waals surface area contributed by atoms with Crippen molar-refractivity contribution in [2.45, 2.75) is 17.6 Å². The zero-order valence-electron chi connectivity index (χ0n) is 10.8. The minimum absolute atomic E-state index is 0.259. The third-order valence-electron chi connectivity index (χ3n) is 3.41. The van der Waals surface area contributed by atoms with E-state index in [9.17, 15) is 8.42 Å². The number of sulfonamides is 1. The third-order valence-corrected chi connectivity index (χ3v) is 6.92. The fraction of sp³-hybridized carbons (Fsp3) is 0.231. The van der Waals surface area contributed by atoms with Crippen molar-refractivity contribution in [3.05, 3.63) is 39.7 Å². The summed E-state index contributed by atoms with van der Waals surface area (Å²) < 4.78 is 27.4. The molecule has 106 valence electrons. The molecule has 0 radical (unpaired) electrons. The smallest absolute Gasteiger partial charge is 0.273 e. The van der Waals surface area contributed by atoms with Gasteiger partial charge in [-0.25, -0.2) is 8.42 Å². The maximum Gasteiger partial charge on any atom is 0.273 e. The van der Waals surface area contributed by atoms with E-state index in [2.05, 4.69) is 0 Å². The Morgan fingerprint density at radius 1 is 1.35 bits per heavy atom. The van der Waals surface area contributed by atoms with Crippen LogP contribution in [0.5, 0.6) is 0 Å². The minimum Gasteiger partial charge on any atom is -0.398 e. The van der Waals surface area contributed by atoms with E-state index >= 15 is 0 Å². The number of hydrogen-bond donors (Lipinski definition) is 1. The summed E-state index contributed by atoms with van der Waals surface area (Å²) in [4.78, 5) is 0. The topological polar surface area (TPSA) is 63.4 Å². The molecule has 2 N–H and O–H groups in total. The van der Waals surface area contributed by atoms with Crippen LogP contribution in [0.1, 0.15) is 11.1 Å². The van der Waals surface area contributed by atoms with E-state index in [-0.39, 0.29) is 4.21 Å². The maximum atomic E-state index is 12.6. The van der Waals surface area contributed by atoms with Crippen LogP contribution >= 0.6 is 22.9 Å². The number of anilines is 2. The van der Waals surface area contributed by atoms with Crippen molar-refractivity contribution in [1.82, 2.24) is 0 Å². The Hall–Kier alpha value is -1.24. The van der Waals surface area contributed by atoms with Crippen LogP contribution in [0.4, 0.5) is 11.4 Å². The van der Waals surface area contributed by atoms with Gasteiger partial charge in [0.05, 0.1) is 10.0 Å². The predicted octanol–water partition coefficient (Wildman–Crippen LogP) is 3.04. The molecule has 1 aliphatic rings. The SMILES string of the molecule is Cc1cc2c(cc1N)N(S(=O)(=O)c1ccc(Cl)s1)CC2. The molecule has 2 heterocycles. The zero-order valence-corrected chi connectivity index (χ0v) is 13.1. The molecule has 0 saturated heterocycles. The Bertz CT molecular complexity index is 784. The molecule has 0 atom stereocenters. The fourth-order valence-corrected chi connectivity index (χ4v) is 5.43. The second-order valence-corrected chi connectivity index (χ2v) is 8.53. The average Bonchev–Trinajstić information content (AvgIpc) is 2.97. The first-order valence-corrected chi connectivity index (χ1v) is 8.70. The van der Waals surface area contributed by atoms with Crippen molar-refractivity contribution < 1.29 is 8.42 Å². The number of nitrogens with zero attached hydrogens (tertiary/aromatic N) is 1. The van der Waals surface area contributed by atoms with Crippen LogP contribution in [-0.2, 0) is 16.4 Å². The lowest BCUT2D eigenvalue weighted by Gasteiger charge is -2.19. The van der Waals surface area contributed by atoms with Gasteiger partial charge >= 0.3 is 0 Å². The number of halogens is 1. The lowest BCUT2D eigenvalue weighted by molar-refractivity contribution is 0.594. The van der Waals surface area contributed by atoms with Crippen LogP contribution in [-0.4, -0.2) is 15.0 Å². The molecule has 1 aromatic carbocycles. The normalized spacial score (nSPS) is 14.6. The number of benzene rings is 1. The molecule has 20 heavy (non-hydrogen) atoms. The number of fused-ring (bicyclic) bond motifs is 1. The van der Waals surface area contributed by atoms with Gasteiger partial charge in [-0.15, -0.1) is 11.3 Å². The van der Waals surface area contributed by atoms with E-state index in [1.807, 2.05) is 13.0 Å². The Balaban J connectivity index is 2.09. The standard InChI is InChI=1S/C13H13ClN2O2S2/c1-8-6-9-4-5-16(11(9)7-10(8)15)20(17,18)13-3-2-12(14)19-13/h2-3,6-7H,4-5,15H2,1H3. The maximum absolute atomic E-state index is 12.6. The van der Waals surface area contributed by atoms with Gasteiger partial charge in [0.15, 0.2) is 0 Å². The van der Waals surface area contributed by atoms with Crippen LogP contribution in [0.3, 0.4) is 0 Å². The molecule has 1 aliphatic heterocycles. The van der Waals surface area contributed by atoms with Gasteiger partial charge in [-0.1, -0.05) is 17.7 Å². The molecular weight excluding hydrogens is 316 g/mol. The van der Waals surface area contributed by atoms with E-state index < -0.39 is 10.0 Å². The molecule has 0 aliphatic carbocycles. The Kier molecular flexibility index (Phi) is 3.19. The monoisotopic (exact) mass is 328 g/mol. The quantitative estimate of drug-likeness (QED) is 0.862. The van der Waals surface area contributed by atoms with Crippen LogP contribution in [0, 0.1) is 6.92 Å². The third kappa shape index (κ3) is 2.08. The molecule has 1 aromatic heterocycles.